The van der Waals surface area contributed by atoms with Crippen molar-refractivity contribution in [1.29, 1.82) is 0 Å². The number of nitrogens with two attached hydrogens (primary N) is 1. The van der Waals surface area contributed by atoms with Crippen molar-refractivity contribution >= 4 is 0 Å². The van der Waals surface area contributed by atoms with E-state index in [-0.39, 0.29) is 6.10 Å². The second-order valence-corrected chi connectivity index (χ2v) is 4.47. The van der Waals surface area contributed by atoms with Gasteiger partial charge < -0.3 is 4.74 Å². The van der Waals surface area contributed by atoms with Gasteiger partial charge in [0.15, 0.2) is 0 Å². The number of hydrazine groups is 1. The van der Waals surface area contributed by atoms with Gasteiger partial charge in [-0.25, -0.2) is 0 Å². The molecule has 1 atom stereocenters. The third-order valence-corrected chi connectivity index (χ3v) is 3.06. The molecule has 16 heavy (non-hydrogen) atoms. The number of aryl methyl sites for hydroxylation is 2. The molecule has 0 aliphatic heterocycles. The summed E-state index contributed by atoms with van der Waals surface area (Å²) in [6.07, 6.45) is 5.13. The van der Waals surface area contributed by atoms with Crippen molar-refractivity contribution in [3.05, 3.63) is 29.3 Å². The Kier molecular flexibility index (Phi) is 3.80. The highest BCUT2D eigenvalue weighted by Crippen LogP contribution is 2.25. The van der Waals surface area contributed by atoms with Gasteiger partial charge in [-0.1, -0.05) is 6.07 Å². The van der Waals surface area contributed by atoms with Gasteiger partial charge in [-0.3, -0.25) is 11.3 Å². The molecule has 0 aromatic heterocycles. The lowest BCUT2D eigenvalue weighted by Gasteiger charge is -2.19. The van der Waals surface area contributed by atoms with Crippen LogP contribution in [0.1, 0.15) is 30.9 Å². The number of nitrogens with one attached hydrogen (secondary N) is 1. The van der Waals surface area contributed by atoms with E-state index in [1.807, 2.05) is 6.92 Å². The van der Waals surface area contributed by atoms with Gasteiger partial charge in [-0.2, -0.15) is 0 Å². The summed E-state index contributed by atoms with van der Waals surface area (Å²) in [7, 11) is 0. The van der Waals surface area contributed by atoms with Crippen LogP contribution >= 0.6 is 0 Å². The Balaban J connectivity index is 2.05. The number of ether oxygens (including phenoxy) is 1. The first-order chi connectivity index (χ1) is 7.79. The predicted molar refractivity (Wildman–Crippen MR) is 65.4 cm³/mol. The van der Waals surface area contributed by atoms with E-state index in [0.717, 1.165) is 5.75 Å². The quantitative estimate of drug-likeness (QED) is 0.601. The van der Waals surface area contributed by atoms with E-state index >= 15 is 0 Å². The molecule has 1 unspecified atom stereocenters. The van der Waals surface area contributed by atoms with Crippen LogP contribution in [0, 0.1) is 0 Å². The lowest BCUT2D eigenvalue weighted by atomic mass is 9.92. The lowest BCUT2D eigenvalue weighted by Crippen LogP contribution is -2.33. The maximum Gasteiger partial charge on any atom is 0.120 e. The first-order valence-electron chi connectivity index (χ1n) is 6.01. The van der Waals surface area contributed by atoms with Crippen molar-refractivity contribution in [3.8, 4) is 5.75 Å². The first kappa shape index (κ1) is 11.4. The minimum Gasteiger partial charge on any atom is -0.489 e. The van der Waals surface area contributed by atoms with Gasteiger partial charge in [-0.15, -0.1) is 0 Å². The van der Waals surface area contributed by atoms with E-state index in [4.69, 9.17) is 10.6 Å². The smallest absolute Gasteiger partial charge is 0.120 e. The first-order valence-corrected chi connectivity index (χ1v) is 6.01. The third kappa shape index (κ3) is 2.74. The Morgan fingerprint density at radius 2 is 2.06 bits per heavy atom. The fraction of sp³-hybridized carbons (Fsp3) is 0.538. The lowest BCUT2D eigenvalue weighted by molar-refractivity contribution is 0.217. The number of benzene rings is 1. The SMILES string of the molecule is CC(CNN)Oc1ccc2c(c1)CCCC2. The molecule has 3 heteroatoms. The number of fused-ring (bicyclic) bond motifs is 1. The molecule has 0 bridgehead atoms. The summed E-state index contributed by atoms with van der Waals surface area (Å²) in [6, 6.07) is 6.45. The molecule has 1 aliphatic carbocycles. The molecular formula is C13H20N2O. The summed E-state index contributed by atoms with van der Waals surface area (Å²) in [5, 5.41) is 0. The summed E-state index contributed by atoms with van der Waals surface area (Å²) >= 11 is 0. The minimum atomic E-state index is 0.103. The maximum absolute atomic E-state index is 5.78. The molecule has 1 aliphatic rings. The number of hydrogen-bond donors (Lipinski definition) is 2. The molecule has 0 radical (unpaired) electrons. The van der Waals surface area contributed by atoms with E-state index in [1.165, 1.54) is 36.8 Å². The minimum absolute atomic E-state index is 0.103. The van der Waals surface area contributed by atoms with Crippen molar-refractivity contribution < 1.29 is 4.74 Å². The van der Waals surface area contributed by atoms with E-state index in [0.29, 0.717) is 6.54 Å². The van der Waals surface area contributed by atoms with Gasteiger partial charge >= 0.3 is 0 Å². The average Bonchev–Trinajstić information content (AvgIpc) is 2.29. The van der Waals surface area contributed by atoms with Crippen LogP contribution in [0.3, 0.4) is 0 Å². The normalized spacial score (nSPS) is 16.6. The number of rotatable bonds is 4. The molecule has 3 nitrogen and oxygen atoms in total. The number of hydrogen-bond acceptors (Lipinski definition) is 3. The standard InChI is InChI=1S/C13H20N2O/c1-10(9-15-14)16-13-7-6-11-4-2-3-5-12(11)8-13/h6-8,10,15H,2-5,9,14H2,1H3. The van der Waals surface area contributed by atoms with Crippen LogP contribution in [0.5, 0.6) is 5.75 Å². The zero-order valence-electron chi connectivity index (χ0n) is 9.83. The van der Waals surface area contributed by atoms with Crippen LogP contribution in [0.4, 0.5) is 0 Å². The molecule has 88 valence electrons. The average molecular weight is 220 g/mol. The van der Waals surface area contributed by atoms with Gasteiger partial charge in [0.05, 0.1) is 0 Å². The summed E-state index contributed by atoms with van der Waals surface area (Å²) in [6.45, 7) is 2.68. The van der Waals surface area contributed by atoms with Gasteiger partial charge in [0, 0.05) is 6.54 Å². The zero-order chi connectivity index (χ0) is 11.4. The van der Waals surface area contributed by atoms with Crippen molar-refractivity contribution in [2.24, 2.45) is 5.84 Å². The van der Waals surface area contributed by atoms with E-state index in [2.05, 4.69) is 23.6 Å². The van der Waals surface area contributed by atoms with E-state index in [9.17, 15) is 0 Å². The molecular weight excluding hydrogens is 200 g/mol. The molecule has 0 saturated heterocycles. The van der Waals surface area contributed by atoms with Crippen LogP contribution in [0.25, 0.3) is 0 Å². The zero-order valence-corrected chi connectivity index (χ0v) is 9.83. The Hall–Kier alpha value is -1.06. The van der Waals surface area contributed by atoms with E-state index in [1.54, 1.807) is 0 Å². The third-order valence-electron chi connectivity index (χ3n) is 3.06. The maximum atomic E-state index is 5.78. The van der Waals surface area contributed by atoms with Gasteiger partial charge in [0.2, 0.25) is 0 Å². The monoisotopic (exact) mass is 220 g/mol. The van der Waals surface area contributed by atoms with Gasteiger partial charge in [0.25, 0.3) is 0 Å². The highest BCUT2D eigenvalue weighted by molar-refractivity contribution is 5.37. The Labute approximate surface area is 97.0 Å². The van der Waals surface area contributed by atoms with Crippen LogP contribution in [0.2, 0.25) is 0 Å². The van der Waals surface area contributed by atoms with Gasteiger partial charge in [-0.05, 0) is 55.9 Å². The molecule has 0 amide bonds. The van der Waals surface area contributed by atoms with Crippen molar-refractivity contribution in [2.75, 3.05) is 6.54 Å². The fourth-order valence-corrected chi connectivity index (χ4v) is 2.22. The van der Waals surface area contributed by atoms with Crippen molar-refractivity contribution in [1.82, 2.24) is 5.43 Å². The predicted octanol–water partition coefficient (Wildman–Crippen LogP) is 1.80. The van der Waals surface area contributed by atoms with Gasteiger partial charge in [0.1, 0.15) is 11.9 Å². The Morgan fingerprint density at radius 1 is 1.31 bits per heavy atom. The second-order valence-electron chi connectivity index (χ2n) is 4.47. The summed E-state index contributed by atoms with van der Waals surface area (Å²) in [5.41, 5.74) is 5.57. The molecule has 2 rings (SSSR count). The summed E-state index contributed by atoms with van der Waals surface area (Å²) < 4.78 is 5.78. The Bertz CT molecular complexity index is 352. The molecule has 0 saturated carbocycles. The molecule has 3 N–H and O–H groups in total. The fourth-order valence-electron chi connectivity index (χ4n) is 2.22. The molecule has 1 aromatic carbocycles. The second kappa shape index (κ2) is 5.32. The highest BCUT2D eigenvalue weighted by atomic mass is 16.5. The molecule has 0 spiro atoms. The Morgan fingerprint density at radius 3 is 2.81 bits per heavy atom. The highest BCUT2D eigenvalue weighted by Gasteiger charge is 2.10. The topological polar surface area (TPSA) is 47.3 Å². The van der Waals surface area contributed by atoms with Crippen molar-refractivity contribution in [3.63, 3.8) is 0 Å². The summed E-state index contributed by atoms with van der Waals surface area (Å²) in [5.74, 6) is 6.23. The molecule has 1 aromatic rings. The van der Waals surface area contributed by atoms with Crippen LogP contribution in [0.15, 0.2) is 18.2 Å². The van der Waals surface area contributed by atoms with Crippen LogP contribution < -0.4 is 16.0 Å². The van der Waals surface area contributed by atoms with Crippen LogP contribution in [-0.4, -0.2) is 12.6 Å². The molecule has 0 heterocycles. The van der Waals surface area contributed by atoms with Crippen molar-refractivity contribution in [2.45, 2.75) is 38.7 Å². The largest absolute Gasteiger partial charge is 0.489 e. The van der Waals surface area contributed by atoms with E-state index < -0.39 is 0 Å². The summed E-state index contributed by atoms with van der Waals surface area (Å²) in [4.78, 5) is 0. The molecule has 0 fully saturated rings. The van der Waals surface area contributed by atoms with Crippen LogP contribution in [-0.2, 0) is 12.8 Å².